The van der Waals surface area contributed by atoms with Gasteiger partial charge in [0.2, 0.25) is 0 Å². The number of benzene rings is 1. The molecule has 0 amide bonds. The minimum Gasteiger partial charge on any atom is -0.493 e. The van der Waals surface area contributed by atoms with Gasteiger partial charge in [-0.1, -0.05) is 12.1 Å². The third-order valence-electron chi connectivity index (χ3n) is 4.42. The predicted octanol–water partition coefficient (Wildman–Crippen LogP) is 3.11. The highest BCUT2D eigenvalue weighted by Crippen LogP contribution is 2.35. The Labute approximate surface area is 157 Å². The summed E-state index contributed by atoms with van der Waals surface area (Å²) in [5, 5.41) is 6.63. The van der Waals surface area contributed by atoms with E-state index in [0.717, 1.165) is 42.4 Å². The van der Waals surface area contributed by atoms with Gasteiger partial charge >= 0.3 is 0 Å². The maximum Gasteiger partial charge on any atom is 0.191 e. The van der Waals surface area contributed by atoms with E-state index in [1.54, 1.807) is 14.2 Å². The Morgan fingerprint density at radius 1 is 1.27 bits per heavy atom. The molecule has 0 aromatic heterocycles. The number of ether oxygens (including phenoxy) is 3. The van der Waals surface area contributed by atoms with Gasteiger partial charge in [-0.25, -0.2) is 4.99 Å². The standard InChI is InChI=1S/C20H33N3O3/c1-5-21-20(23-15(2)14-24-3)22-13-16-9-8-12-18(25-4)19(16)26-17-10-6-7-11-17/h8-9,12,15,17H,5-7,10-11,13-14H2,1-4H3,(H2,21,22,23). The lowest BCUT2D eigenvalue weighted by Crippen LogP contribution is -2.43. The van der Waals surface area contributed by atoms with E-state index >= 15 is 0 Å². The van der Waals surface area contributed by atoms with Crippen LogP contribution in [0.5, 0.6) is 11.5 Å². The van der Waals surface area contributed by atoms with Gasteiger partial charge in [-0.3, -0.25) is 0 Å². The van der Waals surface area contributed by atoms with Crippen LogP contribution in [0.15, 0.2) is 23.2 Å². The molecule has 2 rings (SSSR count). The molecule has 0 spiro atoms. The smallest absolute Gasteiger partial charge is 0.191 e. The summed E-state index contributed by atoms with van der Waals surface area (Å²) in [5.74, 6) is 2.37. The summed E-state index contributed by atoms with van der Waals surface area (Å²) in [6, 6.07) is 6.16. The van der Waals surface area contributed by atoms with Crippen LogP contribution in [-0.2, 0) is 11.3 Å². The van der Waals surface area contributed by atoms with Crippen molar-refractivity contribution in [2.24, 2.45) is 4.99 Å². The summed E-state index contributed by atoms with van der Waals surface area (Å²) in [6.07, 6.45) is 4.97. The molecule has 6 nitrogen and oxygen atoms in total. The fourth-order valence-electron chi connectivity index (χ4n) is 3.16. The number of methoxy groups -OCH3 is 2. The van der Waals surface area contributed by atoms with Gasteiger partial charge in [0, 0.05) is 25.3 Å². The Hall–Kier alpha value is -1.95. The van der Waals surface area contributed by atoms with Crippen molar-refractivity contribution in [3.05, 3.63) is 23.8 Å². The van der Waals surface area contributed by atoms with Crippen molar-refractivity contribution >= 4 is 5.96 Å². The Balaban J connectivity index is 2.14. The van der Waals surface area contributed by atoms with E-state index in [0.29, 0.717) is 13.2 Å². The van der Waals surface area contributed by atoms with Gasteiger partial charge in [-0.2, -0.15) is 0 Å². The zero-order chi connectivity index (χ0) is 18.8. The number of nitrogens with one attached hydrogen (secondary N) is 2. The second-order valence-corrected chi connectivity index (χ2v) is 6.67. The minimum absolute atomic E-state index is 0.178. The van der Waals surface area contributed by atoms with Gasteiger partial charge in [0.25, 0.3) is 0 Å². The number of aliphatic imine (C=N–C) groups is 1. The zero-order valence-electron chi connectivity index (χ0n) is 16.5. The summed E-state index contributed by atoms with van der Waals surface area (Å²) in [6.45, 7) is 6.07. The Morgan fingerprint density at radius 2 is 2.04 bits per heavy atom. The van der Waals surface area contributed by atoms with E-state index in [9.17, 15) is 0 Å². The Morgan fingerprint density at radius 3 is 2.69 bits per heavy atom. The first kappa shape index (κ1) is 20.4. The monoisotopic (exact) mass is 363 g/mol. The lowest BCUT2D eigenvalue weighted by Gasteiger charge is -2.20. The number of para-hydroxylation sites is 1. The highest BCUT2D eigenvalue weighted by atomic mass is 16.5. The quantitative estimate of drug-likeness (QED) is 0.521. The van der Waals surface area contributed by atoms with Crippen LogP contribution in [0, 0.1) is 0 Å². The van der Waals surface area contributed by atoms with Crippen molar-refractivity contribution in [2.75, 3.05) is 27.4 Å². The van der Waals surface area contributed by atoms with E-state index in [1.165, 1.54) is 12.8 Å². The van der Waals surface area contributed by atoms with Crippen LogP contribution in [0.25, 0.3) is 0 Å². The number of hydrogen-bond acceptors (Lipinski definition) is 4. The zero-order valence-corrected chi connectivity index (χ0v) is 16.5. The van der Waals surface area contributed by atoms with Crippen LogP contribution >= 0.6 is 0 Å². The van der Waals surface area contributed by atoms with Crippen LogP contribution in [0.4, 0.5) is 0 Å². The average molecular weight is 364 g/mol. The maximum atomic E-state index is 6.29. The van der Waals surface area contributed by atoms with Crippen molar-refractivity contribution in [3.8, 4) is 11.5 Å². The molecule has 0 radical (unpaired) electrons. The van der Waals surface area contributed by atoms with Gasteiger partial charge in [0.15, 0.2) is 17.5 Å². The summed E-state index contributed by atoms with van der Waals surface area (Å²) in [7, 11) is 3.38. The molecule has 2 N–H and O–H groups in total. The third-order valence-corrected chi connectivity index (χ3v) is 4.42. The number of rotatable bonds is 9. The normalized spacial score (nSPS) is 16.4. The molecule has 1 aromatic carbocycles. The van der Waals surface area contributed by atoms with Crippen LogP contribution in [-0.4, -0.2) is 45.5 Å². The molecule has 1 atom stereocenters. The number of guanidine groups is 1. The van der Waals surface area contributed by atoms with Crippen LogP contribution in [0.3, 0.4) is 0 Å². The highest BCUT2D eigenvalue weighted by molar-refractivity contribution is 5.80. The van der Waals surface area contributed by atoms with Crippen LogP contribution < -0.4 is 20.1 Å². The fraction of sp³-hybridized carbons (Fsp3) is 0.650. The van der Waals surface area contributed by atoms with Gasteiger partial charge in [-0.15, -0.1) is 0 Å². The Bertz CT molecular complexity index is 571. The van der Waals surface area contributed by atoms with Gasteiger partial charge in [0.05, 0.1) is 26.4 Å². The van der Waals surface area contributed by atoms with Gasteiger partial charge in [-0.05, 0) is 45.6 Å². The third kappa shape index (κ3) is 6.09. The van der Waals surface area contributed by atoms with Crippen molar-refractivity contribution in [2.45, 2.75) is 58.2 Å². The molecule has 0 saturated heterocycles. The first-order valence-electron chi connectivity index (χ1n) is 9.54. The summed E-state index contributed by atoms with van der Waals surface area (Å²) in [5.41, 5.74) is 1.04. The largest absolute Gasteiger partial charge is 0.493 e. The van der Waals surface area contributed by atoms with E-state index in [4.69, 9.17) is 19.2 Å². The molecule has 0 heterocycles. The summed E-state index contributed by atoms with van der Waals surface area (Å²) < 4.78 is 17.0. The first-order valence-corrected chi connectivity index (χ1v) is 9.54. The number of nitrogens with zero attached hydrogens (tertiary/aromatic N) is 1. The first-order chi connectivity index (χ1) is 12.7. The molecule has 0 bridgehead atoms. The van der Waals surface area contributed by atoms with Crippen molar-refractivity contribution < 1.29 is 14.2 Å². The molecule has 1 aromatic rings. The second kappa shape index (κ2) is 10.9. The molecular weight excluding hydrogens is 330 g/mol. The summed E-state index contributed by atoms with van der Waals surface area (Å²) in [4.78, 5) is 4.72. The van der Waals surface area contributed by atoms with E-state index in [-0.39, 0.29) is 12.1 Å². The van der Waals surface area contributed by atoms with Gasteiger partial charge in [0.1, 0.15) is 0 Å². The molecule has 1 aliphatic rings. The SMILES string of the molecule is CCNC(=NCc1cccc(OC)c1OC1CCCC1)NC(C)COC. The van der Waals surface area contributed by atoms with E-state index < -0.39 is 0 Å². The second-order valence-electron chi connectivity index (χ2n) is 6.67. The predicted molar refractivity (Wildman–Crippen MR) is 105 cm³/mol. The summed E-state index contributed by atoms with van der Waals surface area (Å²) >= 11 is 0. The Kier molecular flexibility index (Phi) is 8.54. The molecule has 146 valence electrons. The molecule has 1 unspecified atom stereocenters. The molecule has 6 heteroatoms. The van der Waals surface area contributed by atoms with Crippen molar-refractivity contribution in [3.63, 3.8) is 0 Å². The molecule has 1 aliphatic carbocycles. The highest BCUT2D eigenvalue weighted by Gasteiger charge is 2.20. The molecule has 26 heavy (non-hydrogen) atoms. The molecule has 1 saturated carbocycles. The maximum absolute atomic E-state index is 6.29. The molecular formula is C20H33N3O3. The minimum atomic E-state index is 0.178. The van der Waals surface area contributed by atoms with Gasteiger partial charge < -0.3 is 24.8 Å². The average Bonchev–Trinajstić information content (AvgIpc) is 3.14. The van der Waals surface area contributed by atoms with E-state index in [1.807, 2.05) is 12.1 Å². The van der Waals surface area contributed by atoms with E-state index in [2.05, 4.69) is 30.5 Å². The molecule has 1 fully saturated rings. The number of hydrogen-bond donors (Lipinski definition) is 2. The van der Waals surface area contributed by atoms with Crippen molar-refractivity contribution in [1.29, 1.82) is 0 Å². The molecule has 0 aliphatic heterocycles. The lowest BCUT2D eigenvalue weighted by atomic mass is 10.1. The van der Waals surface area contributed by atoms with Crippen LogP contribution in [0.1, 0.15) is 45.1 Å². The lowest BCUT2D eigenvalue weighted by molar-refractivity contribution is 0.179. The van der Waals surface area contributed by atoms with Crippen molar-refractivity contribution in [1.82, 2.24) is 10.6 Å². The fourth-order valence-corrected chi connectivity index (χ4v) is 3.16. The van der Waals surface area contributed by atoms with Crippen LogP contribution in [0.2, 0.25) is 0 Å². The topological polar surface area (TPSA) is 64.1 Å².